The Balaban J connectivity index is 1.66. The van der Waals surface area contributed by atoms with Crippen LogP contribution < -0.4 is 5.32 Å². The van der Waals surface area contributed by atoms with Gasteiger partial charge in [0.1, 0.15) is 11.5 Å². The van der Waals surface area contributed by atoms with Crippen molar-refractivity contribution in [3.8, 4) is 0 Å². The van der Waals surface area contributed by atoms with Gasteiger partial charge in [0.05, 0.1) is 11.9 Å². The lowest BCUT2D eigenvalue weighted by atomic mass is 10.2. The Kier molecular flexibility index (Phi) is 4.86. The second-order valence-electron chi connectivity index (χ2n) is 5.77. The largest absolute Gasteiger partial charge is 0.354 e. The number of amides is 1. The van der Waals surface area contributed by atoms with Crippen molar-refractivity contribution in [1.29, 1.82) is 0 Å². The zero-order valence-corrected chi connectivity index (χ0v) is 13.0. The van der Waals surface area contributed by atoms with Gasteiger partial charge in [-0.05, 0) is 49.2 Å². The molecule has 5 heteroatoms. The average molecular weight is 313 g/mol. The normalized spacial score (nSPS) is 15.1. The molecule has 23 heavy (non-hydrogen) atoms. The van der Waals surface area contributed by atoms with Crippen molar-refractivity contribution in [2.45, 2.75) is 25.7 Å². The molecule has 3 rings (SSSR count). The maximum Gasteiger partial charge on any atom is 0.272 e. The topological polar surface area (TPSA) is 45.2 Å². The van der Waals surface area contributed by atoms with Crippen molar-refractivity contribution in [2.75, 3.05) is 18.4 Å². The number of nitrogens with zero attached hydrogens (tertiary/aromatic N) is 2. The van der Waals surface area contributed by atoms with Crippen LogP contribution in [0.2, 0.25) is 0 Å². The van der Waals surface area contributed by atoms with Crippen LogP contribution in [-0.4, -0.2) is 28.9 Å². The first-order valence-electron chi connectivity index (χ1n) is 8.00. The van der Waals surface area contributed by atoms with Crippen molar-refractivity contribution in [2.24, 2.45) is 0 Å². The molecular formula is C18H20FN3O. The quantitative estimate of drug-likeness (QED) is 0.932. The van der Waals surface area contributed by atoms with E-state index in [0.29, 0.717) is 5.69 Å². The summed E-state index contributed by atoms with van der Waals surface area (Å²) in [5, 5.41) is 3.13. The third-order valence-electron chi connectivity index (χ3n) is 4.01. The molecule has 1 N–H and O–H groups in total. The van der Waals surface area contributed by atoms with E-state index >= 15 is 0 Å². The van der Waals surface area contributed by atoms with E-state index in [2.05, 4.69) is 10.3 Å². The lowest BCUT2D eigenvalue weighted by Gasteiger charge is -2.19. The summed E-state index contributed by atoms with van der Waals surface area (Å²) in [5.41, 5.74) is 2.01. The van der Waals surface area contributed by atoms with E-state index in [1.165, 1.54) is 25.0 Å². The number of nitrogens with one attached hydrogen (secondary N) is 1. The molecule has 0 radical (unpaired) electrons. The summed E-state index contributed by atoms with van der Waals surface area (Å²) in [6.07, 6.45) is 6.15. The van der Waals surface area contributed by atoms with E-state index < -0.39 is 0 Å². The molecule has 1 aromatic carbocycles. The molecule has 2 heterocycles. The molecule has 4 nitrogen and oxygen atoms in total. The molecule has 0 bridgehead atoms. The first-order chi connectivity index (χ1) is 11.2. The summed E-state index contributed by atoms with van der Waals surface area (Å²) >= 11 is 0. The van der Waals surface area contributed by atoms with Gasteiger partial charge in [-0.1, -0.05) is 12.8 Å². The molecule has 1 aliphatic rings. The van der Waals surface area contributed by atoms with Gasteiger partial charge >= 0.3 is 0 Å². The van der Waals surface area contributed by atoms with Crippen LogP contribution in [0.15, 0.2) is 42.6 Å². The molecule has 0 atom stereocenters. The van der Waals surface area contributed by atoms with Crippen LogP contribution in [0.5, 0.6) is 0 Å². The third-order valence-corrected chi connectivity index (χ3v) is 4.01. The average Bonchev–Trinajstić information content (AvgIpc) is 2.86. The summed E-state index contributed by atoms with van der Waals surface area (Å²) < 4.78 is 12.9. The minimum Gasteiger partial charge on any atom is -0.354 e. The van der Waals surface area contributed by atoms with Crippen molar-refractivity contribution in [3.63, 3.8) is 0 Å². The zero-order chi connectivity index (χ0) is 16.1. The predicted molar refractivity (Wildman–Crippen MR) is 88.3 cm³/mol. The number of likely N-dealkylation sites (tertiary alicyclic amines) is 1. The standard InChI is InChI=1S/C18H20FN3O/c19-14-5-7-15(8-6-14)21-16-9-10-17(20-13-16)18(23)22-11-3-1-2-4-12-22/h5-10,13,21H,1-4,11-12H2. The van der Waals surface area contributed by atoms with Crippen molar-refractivity contribution < 1.29 is 9.18 Å². The summed E-state index contributed by atoms with van der Waals surface area (Å²) in [6, 6.07) is 9.66. The van der Waals surface area contributed by atoms with Crippen molar-refractivity contribution in [1.82, 2.24) is 9.88 Å². The van der Waals surface area contributed by atoms with Gasteiger partial charge in [-0.15, -0.1) is 0 Å². The summed E-state index contributed by atoms with van der Waals surface area (Å²) in [6.45, 7) is 1.63. The Labute approximate surface area is 135 Å². The number of halogens is 1. The Morgan fingerprint density at radius 1 is 0.957 bits per heavy atom. The SMILES string of the molecule is O=C(c1ccc(Nc2ccc(F)cc2)cn1)N1CCCCCC1. The van der Waals surface area contributed by atoms with Gasteiger partial charge in [-0.2, -0.15) is 0 Å². The van der Waals surface area contributed by atoms with Crippen LogP contribution in [0.4, 0.5) is 15.8 Å². The number of hydrogen-bond donors (Lipinski definition) is 1. The lowest BCUT2D eigenvalue weighted by Crippen LogP contribution is -2.32. The number of hydrogen-bond acceptors (Lipinski definition) is 3. The van der Waals surface area contributed by atoms with E-state index in [0.717, 1.165) is 37.3 Å². The Morgan fingerprint density at radius 3 is 2.22 bits per heavy atom. The molecule has 1 amide bonds. The molecule has 0 aliphatic carbocycles. The number of carbonyl (C=O) groups is 1. The Bertz CT molecular complexity index is 647. The van der Waals surface area contributed by atoms with Crippen LogP contribution in [-0.2, 0) is 0 Å². The summed E-state index contributed by atoms with van der Waals surface area (Å²) in [4.78, 5) is 18.6. The highest BCUT2D eigenvalue weighted by atomic mass is 19.1. The van der Waals surface area contributed by atoms with E-state index in [1.54, 1.807) is 24.4 Å². The van der Waals surface area contributed by atoms with Gasteiger partial charge in [0.25, 0.3) is 5.91 Å². The van der Waals surface area contributed by atoms with Crippen molar-refractivity contribution >= 4 is 17.3 Å². The monoisotopic (exact) mass is 313 g/mol. The number of rotatable bonds is 3. The molecule has 1 saturated heterocycles. The Hall–Kier alpha value is -2.43. The first kappa shape index (κ1) is 15.5. The maximum atomic E-state index is 12.9. The Morgan fingerprint density at radius 2 is 1.61 bits per heavy atom. The second-order valence-corrected chi connectivity index (χ2v) is 5.77. The minimum absolute atomic E-state index is 0.000215. The maximum absolute atomic E-state index is 12.9. The molecular weight excluding hydrogens is 293 g/mol. The highest BCUT2D eigenvalue weighted by molar-refractivity contribution is 5.92. The summed E-state index contributed by atoms with van der Waals surface area (Å²) in [5.74, 6) is -0.271. The highest BCUT2D eigenvalue weighted by Gasteiger charge is 2.18. The van der Waals surface area contributed by atoms with Gasteiger partial charge in [0.2, 0.25) is 0 Å². The number of carbonyl (C=O) groups excluding carboxylic acids is 1. The van der Waals surface area contributed by atoms with Gasteiger partial charge in [0, 0.05) is 18.8 Å². The van der Waals surface area contributed by atoms with Gasteiger partial charge in [0.15, 0.2) is 0 Å². The van der Waals surface area contributed by atoms with Crippen LogP contribution >= 0.6 is 0 Å². The molecule has 1 aromatic heterocycles. The van der Waals surface area contributed by atoms with Crippen LogP contribution in [0.3, 0.4) is 0 Å². The molecule has 120 valence electrons. The van der Waals surface area contributed by atoms with Crippen LogP contribution in [0.1, 0.15) is 36.2 Å². The first-order valence-corrected chi connectivity index (χ1v) is 8.00. The van der Waals surface area contributed by atoms with Crippen LogP contribution in [0, 0.1) is 5.82 Å². The van der Waals surface area contributed by atoms with Crippen molar-refractivity contribution in [3.05, 3.63) is 54.1 Å². The molecule has 0 unspecified atom stereocenters. The van der Waals surface area contributed by atoms with Gasteiger partial charge in [-0.25, -0.2) is 9.37 Å². The molecule has 0 saturated carbocycles. The van der Waals surface area contributed by atoms with Gasteiger partial charge < -0.3 is 10.2 Å². The molecule has 1 aliphatic heterocycles. The molecule has 0 spiro atoms. The van der Waals surface area contributed by atoms with E-state index in [-0.39, 0.29) is 11.7 Å². The van der Waals surface area contributed by atoms with Crippen LogP contribution in [0.25, 0.3) is 0 Å². The number of anilines is 2. The number of benzene rings is 1. The van der Waals surface area contributed by atoms with Gasteiger partial charge in [-0.3, -0.25) is 4.79 Å². The van der Waals surface area contributed by atoms with E-state index in [9.17, 15) is 9.18 Å². The van der Waals surface area contributed by atoms with E-state index in [4.69, 9.17) is 0 Å². The predicted octanol–water partition coefficient (Wildman–Crippen LogP) is 3.98. The second kappa shape index (κ2) is 7.22. The molecule has 2 aromatic rings. The highest BCUT2D eigenvalue weighted by Crippen LogP contribution is 2.17. The summed E-state index contributed by atoms with van der Waals surface area (Å²) in [7, 11) is 0. The zero-order valence-electron chi connectivity index (χ0n) is 13.0. The fourth-order valence-electron chi connectivity index (χ4n) is 2.73. The minimum atomic E-state index is -0.271. The molecule has 1 fully saturated rings. The lowest BCUT2D eigenvalue weighted by molar-refractivity contribution is 0.0756. The number of pyridine rings is 1. The van der Waals surface area contributed by atoms with E-state index in [1.807, 2.05) is 11.0 Å². The number of aromatic nitrogens is 1. The third kappa shape index (κ3) is 4.06. The smallest absolute Gasteiger partial charge is 0.272 e. The fraction of sp³-hybridized carbons (Fsp3) is 0.333. The fourth-order valence-corrected chi connectivity index (χ4v) is 2.73.